The van der Waals surface area contributed by atoms with E-state index in [0.29, 0.717) is 26.4 Å². The molecule has 0 fully saturated rings. The molecule has 0 bridgehead atoms. The summed E-state index contributed by atoms with van der Waals surface area (Å²) >= 11 is 7.72. The Morgan fingerprint density at radius 1 is 0.177 bits per heavy atom. The van der Waals surface area contributed by atoms with Crippen molar-refractivity contribution in [2.75, 3.05) is 0 Å². The van der Waals surface area contributed by atoms with E-state index in [1.54, 1.807) is 0 Å². The predicted octanol–water partition coefficient (Wildman–Crippen LogP) is 25.0. The average molecular weight is 1370 g/mol. The highest BCUT2D eigenvalue weighted by atomic mass is 79.9. The van der Waals surface area contributed by atoms with Gasteiger partial charge in [-0.05, 0) is 156 Å². The van der Waals surface area contributed by atoms with Crippen molar-refractivity contribution in [2.45, 2.75) is 37.1 Å². The number of hydrogen-bond acceptors (Lipinski definition) is 4. The van der Waals surface area contributed by atoms with Gasteiger partial charge in [0.15, 0.2) is 0 Å². The molecule has 4 nitrogen and oxygen atoms in total. The van der Waals surface area contributed by atoms with E-state index < -0.39 is 0 Å². The van der Waals surface area contributed by atoms with Crippen LogP contribution in [0.4, 0.5) is 0 Å². The van der Waals surface area contributed by atoms with Gasteiger partial charge in [-0.2, -0.15) is 0 Å². The highest BCUT2D eigenvalue weighted by molar-refractivity contribution is 9.08. The van der Waals surface area contributed by atoms with Crippen LogP contribution in [0.1, 0.15) is 33.4 Å². The van der Waals surface area contributed by atoms with Gasteiger partial charge in [0.25, 0.3) is 0 Å². The molecule has 0 N–H and O–H groups in total. The largest absolute Gasteiger partial charge is 0.488 e. The average Bonchev–Trinajstić information content (AvgIpc) is 0.782. The molecular formula is C90H64Br2O4. The maximum atomic E-state index is 7.17. The number of ether oxygens (including phenoxy) is 4. The number of halogens is 2. The van der Waals surface area contributed by atoms with Gasteiger partial charge in [-0.3, -0.25) is 0 Å². The summed E-state index contributed by atoms with van der Waals surface area (Å²) in [6.45, 7) is 1.31. The number of hydrogen-bond donors (Lipinski definition) is 0. The summed E-state index contributed by atoms with van der Waals surface area (Å²) in [6, 6.07) is 112. The Morgan fingerprint density at radius 2 is 0.354 bits per heavy atom. The quantitative estimate of drug-likeness (QED) is 0.0756. The Labute approximate surface area is 575 Å². The first-order valence-corrected chi connectivity index (χ1v) is 34.9. The minimum Gasteiger partial charge on any atom is -0.488 e. The van der Waals surface area contributed by atoms with Crippen molar-refractivity contribution in [2.24, 2.45) is 0 Å². The minimum absolute atomic E-state index is 0.297. The van der Waals surface area contributed by atoms with E-state index in [9.17, 15) is 0 Å². The molecule has 0 aromatic heterocycles. The molecule has 6 heteroatoms. The summed E-state index contributed by atoms with van der Waals surface area (Å²) in [5.74, 6) is 3.05. The van der Waals surface area contributed by atoms with Crippen LogP contribution in [-0.4, -0.2) is 0 Å². The summed E-state index contributed by atoms with van der Waals surface area (Å²) in [6.07, 6.45) is 0. The normalized spacial score (nSPS) is 11.5. The summed E-state index contributed by atoms with van der Waals surface area (Å²) in [4.78, 5) is 0. The Kier molecular flexibility index (Phi) is 16.9. The Hall–Kier alpha value is -10.8. The maximum absolute atomic E-state index is 7.17. The summed E-state index contributed by atoms with van der Waals surface area (Å²) in [5.41, 5.74) is 17.6. The highest BCUT2D eigenvalue weighted by Crippen LogP contribution is 2.47. The van der Waals surface area contributed by atoms with Crippen LogP contribution in [0.25, 0.3) is 120 Å². The number of para-hydroxylation sites is 4. The molecular weight excluding hydrogens is 1300 g/mol. The van der Waals surface area contributed by atoms with Gasteiger partial charge in [-0.1, -0.05) is 323 Å². The molecule has 0 aliphatic heterocycles. The highest BCUT2D eigenvalue weighted by Gasteiger charge is 2.24. The van der Waals surface area contributed by atoms with Gasteiger partial charge in [0.2, 0.25) is 0 Å². The molecule has 0 saturated carbocycles. The molecule has 0 spiro atoms. The smallest absolute Gasteiger partial charge is 0.127 e. The number of alkyl halides is 2. The van der Waals surface area contributed by atoms with Crippen molar-refractivity contribution in [3.05, 3.63) is 349 Å². The lowest BCUT2D eigenvalue weighted by Gasteiger charge is -2.22. The van der Waals surface area contributed by atoms with Crippen LogP contribution in [0.5, 0.6) is 23.0 Å². The topological polar surface area (TPSA) is 36.9 Å². The zero-order valence-corrected chi connectivity index (χ0v) is 55.8. The van der Waals surface area contributed by atoms with Crippen molar-refractivity contribution < 1.29 is 18.9 Å². The molecule has 0 aliphatic carbocycles. The summed E-state index contributed by atoms with van der Waals surface area (Å²) in [7, 11) is 0. The van der Waals surface area contributed by atoms with Gasteiger partial charge in [-0.15, -0.1) is 0 Å². The lowest BCUT2D eigenvalue weighted by atomic mass is 9.87. The Bertz CT molecular complexity index is 5270. The van der Waals surface area contributed by atoms with Crippen LogP contribution in [0, 0.1) is 0 Å². The van der Waals surface area contributed by atoms with Gasteiger partial charge in [-0.25, -0.2) is 0 Å². The van der Waals surface area contributed by atoms with Crippen molar-refractivity contribution >= 4 is 96.5 Å². The number of benzene rings is 16. The van der Waals surface area contributed by atoms with E-state index in [4.69, 9.17) is 18.9 Å². The minimum atomic E-state index is 0.297. The van der Waals surface area contributed by atoms with Crippen LogP contribution in [-0.2, 0) is 37.1 Å². The molecule has 16 rings (SSSR count). The fraction of sp³-hybridized carbons (Fsp3) is 0.0667. The molecule has 16 aromatic rings. The van der Waals surface area contributed by atoms with Crippen LogP contribution in [0.15, 0.2) is 315 Å². The maximum Gasteiger partial charge on any atom is 0.127 e. The molecule has 0 amide bonds. The number of rotatable bonds is 19. The lowest BCUT2D eigenvalue weighted by Crippen LogP contribution is -2.05. The Morgan fingerprint density at radius 3 is 0.573 bits per heavy atom. The van der Waals surface area contributed by atoms with Gasteiger partial charge in [0.1, 0.15) is 49.4 Å². The zero-order valence-electron chi connectivity index (χ0n) is 52.7. The van der Waals surface area contributed by atoms with Crippen molar-refractivity contribution in [1.29, 1.82) is 0 Å². The summed E-state index contributed by atoms with van der Waals surface area (Å²) in [5, 5.41) is 15.6. The fourth-order valence-electron chi connectivity index (χ4n) is 14.3. The molecule has 0 saturated heterocycles. The third kappa shape index (κ3) is 11.5. The first-order valence-electron chi connectivity index (χ1n) is 32.6. The van der Waals surface area contributed by atoms with Crippen molar-refractivity contribution in [3.63, 3.8) is 0 Å². The van der Waals surface area contributed by atoms with Crippen LogP contribution >= 0.6 is 31.9 Å². The second-order valence-corrected chi connectivity index (χ2v) is 25.5. The first kappa shape index (κ1) is 60.2. The predicted molar refractivity (Wildman–Crippen MR) is 407 cm³/mol. The zero-order chi connectivity index (χ0) is 64.3. The fourth-order valence-corrected chi connectivity index (χ4v) is 15.2. The van der Waals surface area contributed by atoms with Gasteiger partial charge >= 0.3 is 0 Å². The molecule has 0 aliphatic rings. The molecule has 462 valence electrons. The van der Waals surface area contributed by atoms with Crippen LogP contribution in [0.3, 0.4) is 0 Å². The van der Waals surface area contributed by atoms with E-state index >= 15 is 0 Å². The molecule has 0 atom stereocenters. The molecule has 0 radical (unpaired) electrons. The van der Waals surface area contributed by atoms with Crippen molar-refractivity contribution in [3.8, 4) is 78.6 Å². The molecule has 16 aromatic carbocycles. The van der Waals surface area contributed by atoms with E-state index in [2.05, 4.69) is 323 Å². The van der Waals surface area contributed by atoms with Crippen LogP contribution < -0.4 is 18.9 Å². The van der Waals surface area contributed by atoms with E-state index in [0.717, 1.165) is 111 Å². The second kappa shape index (κ2) is 26.9. The van der Waals surface area contributed by atoms with E-state index in [1.807, 2.05) is 24.3 Å². The Balaban J connectivity index is 0.715. The second-order valence-electron chi connectivity index (χ2n) is 24.3. The molecule has 0 unspecified atom stereocenters. The molecule has 0 heterocycles. The van der Waals surface area contributed by atoms with Crippen molar-refractivity contribution in [1.82, 2.24) is 0 Å². The monoisotopic (exact) mass is 1370 g/mol. The molecule has 96 heavy (non-hydrogen) atoms. The first-order chi connectivity index (χ1) is 47.6. The van der Waals surface area contributed by atoms with Gasteiger partial charge in [0.05, 0.1) is 0 Å². The SMILES string of the molecule is BrCc1ccc2ccccc2c1-c1c(COc2ccccc2-c2ccccc2OCc2ccc3ccccc3c2-c2c(COc3ccccc3-c3ccccc3OCc3ccc4ccccc4c3-c3c(CBr)ccc4ccccc34)ccc3ccccc23)ccc2ccccc12. The number of fused-ring (bicyclic) bond motifs is 6. The third-order valence-corrected chi connectivity index (χ3v) is 20.0. The van der Waals surface area contributed by atoms with E-state index in [1.165, 1.54) is 76.5 Å². The third-order valence-electron chi connectivity index (χ3n) is 18.8. The lowest BCUT2D eigenvalue weighted by molar-refractivity contribution is 0.302. The van der Waals surface area contributed by atoms with Crippen LogP contribution in [0.2, 0.25) is 0 Å². The standard InChI is InChI=1S/C90H64Br2O4/c91-53-65-47-41-59-21-1-7-27-71(59)85(65)87-67(49-43-61-23-3-9-29-73(61)87)55-93-81-37-17-13-33-77(81)79-35-15-19-39-83(79)95-57-69-51-45-63-25-5-11-31-75(63)89(69)90-70(52-46-64-26-6-12-32-76(64)90)58-96-84-40-20-16-36-80(84)78-34-14-18-38-82(78)94-56-68-50-44-62-24-4-10-30-74(62)88(68)86-66(54-92)48-42-60-22-2-8-28-72(60)86/h1-52H,53-58H2. The van der Waals surface area contributed by atoms with Gasteiger partial charge in [0, 0.05) is 32.9 Å². The van der Waals surface area contributed by atoms with E-state index in [-0.39, 0.29) is 0 Å². The summed E-state index contributed by atoms with van der Waals surface area (Å²) < 4.78 is 28.5. The van der Waals surface area contributed by atoms with Gasteiger partial charge < -0.3 is 18.9 Å².